The minimum atomic E-state index is -0.502. The maximum atomic E-state index is 12.4. The van der Waals surface area contributed by atoms with E-state index < -0.39 is 12.2 Å². The van der Waals surface area contributed by atoms with Crippen LogP contribution >= 0.6 is 0 Å². The predicted molar refractivity (Wildman–Crippen MR) is 180 cm³/mol. The number of rotatable bonds is 13. The minimum Gasteiger partial charge on any atom is -0.392 e. The van der Waals surface area contributed by atoms with Gasteiger partial charge in [-0.1, -0.05) is 92.1 Å². The van der Waals surface area contributed by atoms with Crippen molar-refractivity contribution >= 4 is 11.8 Å². The predicted octanol–water partition coefficient (Wildman–Crippen LogP) is 6.34. The summed E-state index contributed by atoms with van der Waals surface area (Å²) in [4.78, 5) is 26.2. The minimum absolute atomic E-state index is 0.0182. The lowest BCUT2D eigenvalue weighted by Gasteiger charge is -2.39. The number of aliphatic hydroxyl groups excluding tert-OH is 1. The van der Waals surface area contributed by atoms with E-state index in [1.807, 2.05) is 30.3 Å². The molecule has 5 rings (SSSR count). The third-order valence-electron chi connectivity index (χ3n) is 9.20. The van der Waals surface area contributed by atoms with Crippen LogP contribution in [-0.4, -0.2) is 52.8 Å². The second-order valence-electron chi connectivity index (χ2n) is 12.7. The first-order valence-corrected chi connectivity index (χ1v) is 17.1. The Hall–Kier alpha value is -3.60. The third-order valence-corrected chi connectivity index (χ3v) is 9.20. The molecule has 3 atom stereocenters. The van der Waals surface area contributed by atoms with E-state index in [1.165, 1.54) is 32.1 Å². The summed E-state index contributed by atoms with van der Waals surface area (Å²) in [5.74, 6) is -0.514. The van der Waals surface area contributed by atoms with Gasteiger partial charge in [-0.3, -0.25) is 14.8 Å². The van der Waals surface area contributed by atoms with Crippen molar-refractivity contribution in [2.24, 2.45) is 0 Å². The van der Waals surface area contributed by atoms with Crippen LogP contribution in [0.2, 0.25) is 0 Å². The molecule has 0 saturated carbocycles. The van der Waals surface area contributed by atoms with Crippen molar-refractivity contribution in [3.05, 3.63) is 95.1 Å². The largest absolute Gasteiger partial charge is 0.392 e. The van der Waals surface area contributed by atoms with Gasteiger partial charge in [0.1, 0.15) is 0 Å². The highest BCUT2D eigenvalue weighted by atomic mass is 16.7. The Kier molecular flexibility index (Phi) is 13.4. The molecule has 2 heterocycles. The van der Waals surface area contributed by atoms with E-state index in [0.29, 0.717) is 25.8 Å². The Morgan fingerprint density at radius 3 is 2.15 bits per heavy atom. The zero-order chi connectivity index (χ0) is 32.8. The number of unbranched alkanes of at least 4 members (excludes halogenated alkanes) is 1. The van der Waals surface area contributed by atoms with Gasteiger partial charge in [-0.2, -0.15) is 0 Å². The van der Waals surface area contributed by atoms with Gasteiger partial charge in [0.25, 0.3) is 0 Å². The van der Waals surface area contributed by atoms with Gasteiger partial charge < -0.3 is 24.8 Å². The van der Waals surface area contributed by atoms with Crippen molar-refractivity contribution in [2.45, 2.75) is 95.9 Å². The molecule has 2 aliphatic heterocycles. The van der Waals surface area contributed by atoms with E-state index in [9.17, 15) is 14.7 Å². The van der Waals surface area contributed by atoms with Crippen LogP contribution in [0.5, 0.6) is 0 Å². The topological polar surface area (TPSA) is 120 Å². The Bertz CT molecular complexity index is 1410. The first-order chi connectivity index (χ1) is 23.0. The summed E-state index contributed by atoms with van der Waals surface area (Å²) >= 11 is 0. The SMILES string of the molecule is O=C(CCCCC(=O)NCc1ccccc1-c1ccc([C@@H]2O[C@H](CN3CCCCCCC3)C[C@H](c3ccc(CO)cc3)O2)cc1)NO. The highest BCUT2D eigenvalue weighted by Gasteiger charge is 2.33. The van der Waals surface area contributed by atoms with E-state index >= 15 is 0 Å². The van der Waals surface area contributed by atoms with Crippen LogP contribution in [0.25, 0.3) is 11.1 Å². The van der Waals surface area contributed by atoms with E-state index in [0.717, 1.165) is 59.4 Å². The fraction of sp³-hybridized carbons (Fsp3) is 0.474. The van der Waals surface area contributed by atoms with Crippen LogP contribution < -0.4 is 10.8 Å². The molecule has 0 radical (unpaired) electrons. The summed E-state index contributed by atoms with van der Waals surface area (Å²) in [6.07, 6.45) is 8.20. The summed E-state index contributed by atoms with van der Waals surface area (Å²) in [6, 6.07) is 24.4. The summed E-state index contributed by atoms with van der Waals surface area (Å²) in [7, 11) is 0. The number of carbonyl (C=O) groups excluding carboxylic acids is 2. The molecule has 3 aromatic carbocycles. The molecule has 2 saturated heterocycles. The first kappa shape index (κ1) is 34.7. The standard InChI is InChI=1S/C38H49N3O6/c42-27-28-14-16-30(17-15-28)35-24-33(26-41-22-8-2-1-3-9-23-41)46-38(47-35)31-20-18-29(19-21-31)34-11-5-4-10-32(34)25-39-36(43)12-6-7-13-37(44)40-45/h4-5,10-11,14-21,33,35,38,42,45H,1-3,6-9,12-13,22-27H2,(H,39,43)(H,40,44)/t33-,35+,38+/m0/s1. The fourth-order valence-electron chi connectivity index (χ4n) is 6.50. The summed E-state index contributed by atoms with van der Waals surface area (Å²) in [6.45, 7) is 3.53. The first-order valence-electron chi connectivity index (χ1n) is 17.1. The van der Waals surface area contributed by atoms with E-state index in [4.69, 9.17) is 14.7 Å². The number of hydrogen-bond acceptors (Lipinski definition) is 7. The smallest absolute Gasteiger partial charge is 0.243 e. The number of carbonyl (C=O) groups is 2. The van der Waals surface area contributed by atoms with Gasteiger partial charge in [-0.05, 0) is 66.6 Å². The number of ether oxygens (including phenoxy) is 2. The third kappa shape index (κ3) is 10.4. The number of amides is 2. The molecule has 252 valence electrons. The molecule has 9 nitrogen and oxygen atoms in total. The average Bonchev–Trinajstić information content (AvgIpc) is 3.10. The molecule has 2 fully saturated rings. The number of hydroxylamine groups is 1. The number of nitrogens with one attached hydrogen (secondary N) is 2. The molecular weight excluding hydrogens is 594 g/mol. The van der Waals surface area contributed by atoms with Gasteiger partial charge in [0.15, 0.2) is 6.29 Å². The Balaban J connectivity index is 1.25. The van der Waals surface area contributed by atoms with Gasteiger partial charge in [-0.15, -0.1) is 0 Å². The van der Waals surface area contributed by atoms with Crippen LogP contribution in [0.15, 0.2) is 72.8 Å². The van der Waals surface area contributed by atoms with E-state index in [-0.39, 0.29) is 31.1 Å². The van der Waals surface area contributed by atoms with Crippen LogP contribution in [0.1, 0.15) is 98.9 Å². The molecule has 4 N–H and O–H groups in total. The lowest BCUT2D eigenvalue weighted by Crippen LogP contribution is -2.40. The highest BCUT2D eigenvalue weighted by Crippen LogP contribution is 2.39. The Morgan fingerprint density at radius 1 is 0.787 bits per heavy atom. The van der Waals surface area contributed by atoms with Gasteiger partial charge in [0.2, 0.25) is 11.8 Å². The highest BCUT2D eigenvalue weighted by molar-refractivity contribution is 5.77. The number of nitrogens with zero attached hydrogens (tertiary/aromatic N) is 1. The quantitative estimate of drug-likeness (QED) is 0.0975. The van der Waals surface area contributed by atoms with E-state index in [2.05, 4.69) is 52.7 Å². The van der Waals surface area contributed by atoms with Gasteiger partial charge in [0, 0.05) is 37.9 Å². The van der Waals surface area contributed by atoms with Crippen molar-refractivity contribution in [2.75, 3.05) is 19.6 Å². The number of benzene rings is 3. The average molecular weight is 644 g/mol. The van der Waals surface area contributed by atoms with Gasteiger partial charge in [0.05, 0.1) is 18.8 Å². The fourth-order valence-corrected chi connectivity index (χ4v) is 6.50. The zero-order valence-electron chi connectivity index (χ0n) is 27.2. The number of aliphatic hydroxyl groups is 1. The molecule has 0 bridgehead atoms. The second kappa shape index (κ2) is 18.1. The maximum absolute atomic E-state index is 12.4. The maximum Gasteiger partial charge on any atom is 0.243 e. The molecule has 9 heteroatoms. The van der Waals surface area contributed by atoms with Crippen molar-refractivity contribution < 1.29 is 29.4 Å². The molecule has 0 unspecified atom stereocenters. The van der Waals surface area contributed by atoms with Crippen molar-refractivity contribution in [3.8, 4) is 11.1 Å². The Labute approximate surface area is 278 Å². The van der Waals surface area contributed by atoms with Crippen LogP contribution in [0.3, 0.4) is 0 Å². The van der Waals surface area contributed by atoms with Gasteiger partial charge in [-0.25, -0.2) is 5.48 Å². The summed E-state index contributed by atoms with van der Waals surface area (Å²) in [5, 5.41) is 21.1. The van der Waals surface area contributed by atoms with Gasteiger partial charge >= 0.3 is 0 Å². The lowest BCUT2D eigenvalue weighted by molar-refractivity contribution is -0.253. The second-order valence-corrected chi connectivity index (χ2v) is 12.7. The van der Waals surface area contributed by atoms with Crippen molar-refractivity contribution in [1.29, 1.82) is 0 Å². The molecule has 0 spiro atoms. The van der Waals surface area contributed by atoms with Crippen molar-refractivity contribution in [1.82, 2.24) is 15.7 Å². The normalized spacial score (nSPS) is 20.6. The molecular formula is C38H49N3O6. The molecule has 47 heavy (non-hydrogen) atoms. The molecule has 2 aliphatic rings. The number of hydrogen-bond donors (Lipinski definition) is 4. The van der Waals surface area contributed by atoms with Crippen LogP contribution in [0, 0.1) is 0 Å². The molecule has 2 amide bonds. The zero-order valence-corrected chi connectivity index (χ0v) is 27.2. The van der Waals surface area contributed by atoms with Crippen LogP contribution in [-0.2, 0) is 32.2 Å². The summed E-state index contributed by atoms with van der Waals surface area (Å²) < 4.78 is 13.3. The molecule has 3 aromatic rings. The summed E-state index contributed by atoms with van der Waals surface area (Å²) in [5.41, 5.74) is 7.65. The molecule has 0 aromatic heterocycles. The lowest BCUT2D eigenvalue weighted by atomic mass is 9.97. The Morgan fingerprint density at radius 2 is 1.45 bits per heavy atom. The number of likely N-dealkylation sites (tertiary alicyclic amines) is 1. The van der Waals surface area contributed by atoms with E-state index in [1.54, 1.807) is 5.48 Å². The molecule has 0 aliphatic carbocycles. The van der Waals surface area contributed by atoms with Crippen LogP contribution in [0.4, 0.5) is 0 Å². The monoisotopic (exact) mass is 643 g/mol. The van der Waals surface area contributed by atoms with Crippen molar-refractivity contribution in [3.63, 3.8) is 0 Å².